The maximum atomic E-state index is 14.3. The molecule has 1 N–H and O–H groups in total. The van der Waals surface area contributed by atoms with Gasteiger partial charge < -0.3 is 15.0 Å². The predicted molar refractivity (Wildman–Crippen MR) is 80.6 cm³/mol. The van der Waals surface area contributed by atoms with Gasteiger partial charge in [-0.2, -0.15) is 0 Å². The number of ether oxygens (including phenoxy) is 1. The lowest BCUT2D eigenvalue weighted by molar-refractivity contribution is 0.118. The average Bonchev–Trinajstić information content (AvgIpc) is 2.84. The van der Waals surface area contributed by atoms with Crippen LogP contribution in [0.3, 0.4) is 0 Å². The minimum absolute atomic E-state index is 0.0121. The predicted octanol–water partition coefficient (Wildman–Crippen LogP) is 3.08. The molecule has 1 saturated heterocycles. The Balaban J connectivity index is 2.16. The molecule has 3 nitrogen and oxygen atoms in total. The molecule has 0 spiro atoms. The number of nitrogens with zero attached hydrogens (tertiary/aromatic N) is 1. The van der Waals surface area contributed by atoms with Crippen molar-refractivity contribution in [1.29, 1.82) is 0 Å². The number of hydrogen-bond donors (Lipinski definition) is 1. The van der Waals surface area contributed by atoms with Crippen LogP contribution in [-0.4, -0.2) is 32.3 Å². The molecule has 2 rings (SSSR count). The summed E-state index contributed by atoms with van der Waals surface area (Å²) in [6.07, 6.45) is 1.77. The molecular weight excluding hydrogens is 274 g/mol. The first-order valence-electron chi connectivity index (χ1n) is 7.57. The van der Waals surface area contributed by atoms with E-state index >= 15 is 0 Å². The molecule has 0 radical (unpaired) electrons. The summed E-state index contributed by atoms with van der Waals surface area (Å²) in [6, 6.07) is 2.84. The highest BCUT2D eigenvalue weighted by molar-refractivity contribution is 5.51. The largest absolute Gasteiger partial charge is 0.376 e. The molecule has 1 aliphatic rings. The van der Waals surface area contributed by atoms with Crippen molar-refractivity contribution in [2.24, 2.45) is 0 Å². The number of likely N-dealkylation sites (N-methyl/N-ethyl adjacent to an activating group) is 1. The molecule has 21 heavy (non-hydrogen) atoms. The molecule has 1 aliphatic heterocycles. The maximum Gasteiger partial charge on any atom is 0.149 e. The van der Waals surface area contributed by atoms with Crippen LogP contribution in [0.1, 0.15) is 32.3 Å². The zero-order chi connectivity index (χ0) is 15.4. The van der Waals surface area contributed by atoms with Crippen LogP contribution in [0.25, 0.3) is 0 Å². The molecule has 5 heteroatoms. The van der Waals surface area contributed by atoms with Crippen LogP contribution >= 0.6 is 0 Å². The van der Waals surface area contributed by atoms with E-state index in [1.165, 1.54) is 12.1 Å². The molecule has 1 heterocycles. The molecule has 0 saturated carbocycles. The van der Waals surface area contributed by atoms with Gasteiger partial charge in [-0.1, -0.05) is 6.92 Å². The van der Waals surface area contributed by atoms with Crippen LogP contribution in [0.2, 0.25) is 0 Å². The van der Waals surface area contributed by atoms with E-state index in [4.69, 9.17) is 4.74 Å². The summed E-state index contributed by atoms with van der Waals surface area (Å²) < 4.78 is 34.1. The van der Waals surface area contributed by atoms with Gasteiger partial charge in [-0.05, 0) is 44.0 Å². The lowest BCUT2D eigenvalue weighted by Gasteiger charge is -2.29. The Morgan fingerprint density at radius 2 is 2.00 bits per heavy atom. The monoisotopic (exact) mass is 298 g/mol. The molecular formula is C16H24F2N2O. The highest BCUT2D eigenvalue weighted by Crippen LogP contribution is 2.29. The normalized spacial score (nSPS) is 21.8. The van der Waals surface area contributed by atoms with Crippen LogP contribution in [0.5, 0.6) is 0 Å². The molecule has 1 aromatic rings. The van der Waals surface area contributed by atoms with Gasteiger partial charge in [0.25, 0.3) is 0 Å². The number of anilines is 1. The fraction of sp³-hybridized carbons (Fsp3) is 0.625. The molecule has 0 aliphatic carbocycles. The Morgan fingerprint density at radius 1 is 1.33 bits per heavy atom. The lowest BCUT2D eigenvalue weighted by Crippen LogP contribution is -2.37. The quantitative estimate of drug-likeness (QED) is 0.817. The number of halogens is 2. The summed E-state index contributed by atoms with van der Waals surface area (Å²) in [5.74, 6) is -1.02. The van der Waals surface area contributed by atoms with Gasteiger partial charge >= 0.3 is 0 Å². The second-order valence-corrected chi connectivity index (χ2v) is 5.63. The number of nitrogens with one attached hydrogen (secondary N) is 1. The van der Waals surface area contributed by atoms with Crippen LogP contribution in [0.15, 0.2) is 12.1 Å². The summed E-state index contributed by atoms with van der Waals surface area (Å²) in [7, 11) is 1.73. The third kappa shape index (κ3) is 3.71. The summed E-state index contributed by atoms with van der Waals surface area (Å²) in [5.41, 5.74) is 0.669. The molecule has 2 unspecified atom stereocenters. The van der Waals surface area contributed by atoms with Crippen molar-refractivity contribution in [3.63, 3.8) is 0 Å². The number of rotatable bonds is 6. The molecule has 2 atom stereocenters. The van der Waals surface area contributed by atoms with Crippen LogP contribution in [-0.2, 0) is 11.3 Å². The van der Waals surface area contributed by atoms with Crippen molar-refractivity contribution in [1.82, 2.24) is 5.32 Å². The van der Waals surface area contributed by atoms with E-state index in [0.717, 1.165) is 19.4 Å². The molecule has 0 bridgehead atoms. The standard InChI is InChI=1S/C16H24F2N2O/c1-4-6-19-10-12-8-13(17)16(14(18)9-12)20(3)15-5-7-21-11(15)2/h8-9,11,15,19H,4-7,10H2,1-3H3. The summed E-state index contributed by atoms with van der Waals surface area (Å²) in [6.45, 7) is 5.94. The SMILES string of the molecule is CCCNCc1cc(F)c(N(C)C2CCOC2C)c(F)c1. The Morgan fingerprint density at radius 3 is 2.52 bits per heavy atom. The van der Waals surface area contributed by atoms with Crippen molar-refractivity contribution < 1.29 is 13.5 Å². The summed E-state index contributed by atoms with van der Waals surface area (Å²) in [5, 5.41) is 3.15. The van der Waals surface area contributed by atoms with Crippen molar-refractivity contribution in [2.75, 3.05) is 25.1 Å². The molecule has 1 fully saturated rings. The van der Waals surface area contributed by atoms with Gasteiger partial charge in [0.1, 0.15) is 17.3 Å². The second-order valence-electron chi connectivity index (χ2n) is 5.63. The van der Waals surface area contributed by atoms with E-state index in [0.29, 0.717) is 18.7 Å². The van der Waals surface area contributed by atoms with Gasteiger partial charge in [0.15, 0.2) is 0 Å². The van der Waals surface area contributed by atoms with Gasteiger partial charge in [-0.15, -0.1) is 0 Å². The van der Waals surface area contributed by atoms with Crippen molar-refractivity contribution in [3.8, 4) is 0 Å². The number of hydrogen-bond acceptors (Lipinski definition) is 3. The Bertz CT molecular complexity index is 458. The molecule has 0 aromatic heterocycles. The first-order valence-corrected chi connectivity index (χ1v) is 7.57. The zero-order valence-electron chi connectivity index (χ0n) is 13.0. The second kappa shape index (κ2) is 7.18. The minimum Gasteiger partial charge on any atom is -0.376 e. The first kappa shape index (κ1) is 16.2. The fourth-order valence-corrected chi connectivity index (χ4v) is 2.86. The summed E-state index contributed by atoms with van der Waals surface area (Å²) >= 11 is 0. The van der Waals surface area contributed by atoms with Gasteiger partial charge in [0.05, 0.1) is 12.1 Å². The molecule has 0 amide bonds. The van der Waals surface area contributed by atoms with E-state index < -0.39 is 11.6 Å². The van der Waals surface area contributed by atoms with Crippen LogP contribution < -0.4 is 10.2 Å². The topological polar surface area (TPSA) is 24.5 Å². The first-order chi connectivity index (χ1) is 10.0. The minimum atomic E-state index is -0.509. The zero-order valence-corrected chi connectivity index (χ0v) is 13.0. The van der Waals surface area contributed by atoms with Gasteiger partial charge in [0, 0.05) is 20.2 Å². The van der Waals surface area contributed by atoms with Gasteiger partial charge in [-0.25, -0.2) is 8.78 Å². The Labute approximate surface area is 125 Å². The average molecular weight is 298 g/mol. The van der Waals surface area contributed by atoms with Crippen molar-refractivity contribution in [3.05, 3.63) is 29.3 Å². The van der Waals surface area contributed by atoms with Crippen LogP contribution in [0.4, 0.5) is 14.5 Å². The molecule has 118 valence electrons. The van der Waals surface area contributed by atoms with E-state index in [1.54, 1.807) is 11.9 Å². The van der Waals surface area contributed by atoms with Gasteiger partial charge in [0.2, 0.25) is 0 Å². The number of benzene rings is 1. The van der Waals surface area contributed by atoms with Crippen molar-refractivity contribution >= 4 is 5.69 Å². The Hall–Kier alpha value is -1.20. The maximum absolute atomic E-state index is 14.3. The van der Waals surface area contributed by atoms with E-state index in [1.807, 2.05) is 6.92 Å². The third-order valence-electron chi connectivity index (χ3n) is 4.02. The summed E-state index contributed by atoms with van der Waals surface area (Å²) in [4.78, 5) is 1.67. The van der Waals surface area contributed by atoms with Crippen LogP contribution in [0, 0.1) is 11.6 Å². The molecule has 1 aromatic carbocycles. The fourth-order valence-electron chi connectivity index (χ4n) is 2.86. The lowest BCUT2D eigenvalue weighted by atomic mass is 10.1. The van der Waals surface area contributed by atoms with E-state index in [2.05, 4.69) is 12.2 Å². The smallest absolute Gasteiger partial charge is 0.149 e. The Kier molecular flexibility index (Phi) is 5.53. The van der Waals surface area contributed by atoms with E-state index in [9.17, 15) is 8.78 Å². The van der Waals surface area contributed by atoms with Crippen molar-refractivity contribution in [2.45, 2.75) is 45.4 Å². The highest BCUT2D eigenvalue weighted by Gasteiger charge is 2.30. The van der Waals surface area contributed by atoms with E-state index in [-0.39, 0.29) is 17.8 Å². The highest BCUT2D eigenvalue weighted by atomic mass is 19.1. The third-order valence-corrected chi connectivity index (χ3v) is 4.02. The van der Waals surface area contributed by atoms with Gasteiger partial charge in [-0.3, -0.25) is 0 Å².